The molecule has 0 saturated carbocycles. The third kappa shape index (κ3) is 14.3. The average Bonchev–Trinajstić information content (AvgIpc) is 3.45. The van der Waals surface area contributed by atoms with E-state index in [0.717, 1.165) is 17.6 Å². The van der Waals surface area contributed by atoms with E-state index in [9.17, 15) is 34.2 Å². The van der Waals surface area contributed by atoms with Crippen molar-refractivity contribution in [3.05, 3.63) is 130 Å². The van der Waals surface area contributed by atoms with E-state index in [0.29, 0.717) is 0 Å². The summed E-state index contributed by atoms with van der Waals surface area (Å²) < 4.78 is 15.3. The summed E-state index contributed by atoms with van der Waals surface area (Å²) in [6.45, 7) is 8.07. The van der Waals surface area contributed by atoms with Crippen molar-refractivity contribution in [2.75, 3.05) is 26.4 Å². The maximum absolute atomic E-state index is 11.0. The normalized spacial score (nSPS) is 12.4. The molecule has 0 radical (unpaired) electrons. The van der Waals surface area contributed by atoms with Crippen LogP contribution in [-0.4, -0.2) is 104 Å². The van der Waals surface area contributed by atoms with Gasteiger partial charge in [-0.1, -0.05) is 38.1 Å². The van der Waals surface area contributed by atoms with Gasteiger partial charge >= 0.3 is 29.8 Å². The topological polar surface area (TPSA) is 255 Å². The zero-order valence-electron chi connectivity index (χ0n) is 30.5. The number of ether oxygens (including phenoxy) is 3. The first-order valence-electron chi connectivity index (χ1n) is 16.7. The van der Waals surface area contributed by atoms with E-state index in [1.54, 1.807) is 13.8 Å². The minimum atomic E-state index is -1.15. The maximum Gasteiger partial charge on any atom is 0.346 e. The van der Waals surface area contributed by atoms with Gasteiger partial charge in [0.25, 0.3) is 0 Å². The Morgan fingerprint density at radius 2 is 0.927 bits per heavy atom. The number of benzene rings is 4. The van der Waals surface area contributed by atoms with Crippen LogP contribution in [0.2, 0.25) is 0 Å². The zero-order chi connectivity index (χ0) is 41.3. The summed E-state index contributed by atoms with van der Waals surface area (Å²) in [5, 5.41) is 59.4. The lowest BCUT2D eigenvalue weighted by Crippen LogP contribution is -2.19. The number of aromatic carboxylic acids is 3. The molecule has 0 bridgehead atoms. The number of aliphatic hydroxyl groups is 4. The number of hydrogen-bond acceptors (Lipinski definition) is 12. The molecule has 2 atom stereocenters. The highest BCUT2D eigenvalue weighted by molar-refractivity contribution is 6.15. The number of aliphatic hydroxyl groups excluding tert-OH is 4. The summed E-state index contributed by atoms with van der Waals surface area (Å²) in [7, 11) is 0. The fraction of sp³-hybridized carbons (Fsp3) is 0.275. The van der Waals surface area contributed by atoms with Gasteiger partial charge in [-0.2, -0.15) is 0 Å². The van der Waals surface area contributed by atoms with Gasteiger partial charge in [-0.3, -0.25) is 0 Å². The maximum atomic E-state index is 11.0. The monoisotopic (exact) mass is 764 g/mol. The molecule has 55 heavy (non-hydrogen) atoms. The van der Waals surface area contributed by atoms with Crippen LogP contribution in [0.4, 0.5) is 0 Å². The smallest absolute Gasteiger partial charge is 0.346 e. The molecular weight excluding hydrogens is 720 g/mol. The standard InChI is InChI=1S/C21H28O4.C9H4O5.C8H6O4.C2H6O2/c1-15(22)13-24-19-9-5-17(6-10-19)21(3,4)18-7-11-20(12-8-18)25-14-16(2)23;10-7(11)4-1-2-5-6(3-4)9(13)14-8(5)12;9-7(10)5-1-2-6(4-3-5)8(11)12;3-1-2-4/h5-12,15-16,22-23H,13-14H2,1-4H3;1-3H,(H,10,11);1-4H,(H,9,10)(H,11,12);3-4H,1-2H2. The predicted molar refractivity (Wildman–Crippen MR) is 197 cm³/mol. The van der Waals surface area contributed by atoms with E-state index < -0.39 is 42.1 Å². The third-order valence-corrected chi connectivity index (χ3v) is 7.50. The first-order valence-corrected chi connectivity index (χ1v) is 16.7. The first kappa shape index (κ1) is 45.0. The molecule has 2 unspecified atom stereocenters. The second kappa shape index (κ2) is 21.5. The number of fused-ring (bicyclic) bond motifs is 1. The third-order valence-electron chi connectivity index (χ3n) is 7.50. The lowest BCUT2D eigenvalue weighted by Gasteiger charge is -2.26. The zero-order valence-corrected chi connectivity index (χ0v) is 30.5. The molecule has 294 valence electrons. The van der Waals surface area contributed by atoms with Gasteiger partial charge in [0.15, 0.2) is 0 Å². The summed E-state index contributed by atoms with van der Waals surface area (Å²) in [5.41, 5.74) is 2.43. The second-order valence-electron chi connectivity index (χ2n) is 12.4. The molecule has 0 saturated heterocycles. The van der Waals surface area contributed by atoms with Gasteiger partial charge in [-0.05, 0) is 91.7 Å². The number of hydrogen-bond donors (Lipinski definition) is 7. The Bertz CT molecular complexity index is 1790. The molecule has 4 aromatic rings. The van der Waals surface area contributed by atoms with Crippen molar-refractivity contribution in [3.63, 3.8) is 0 Å². The number of carboxylic acid groups (broad SMARTS) is 3. The molecular formula is C40H44O15. The number of cyclic esters (lactones) is 2. The van der Waals surface area contributed by atoms with Gasteiger partial charge < -0.3 is 50.0 Å². The van der Waals surface area contributed by atoms with Crippen LogP contribution in [0.25, 0.3) is 0 Å². The Morgan fingerprint density at radius 1 is 0.582 bits per heavy atom. The Morgan fingerprint density at radius 3 is 1.25 bits per heavy atom. The molecule has 0 aliphatic carbocycles. The molecule has 5 rings (SSSR count). The molecule has 0 amide bonds. The molecule has 0 fully saturated rings. The van der Waals surface area contributed by atoms with E-state index in [2.05, 4.69) is 42.8 Å². The van der Waals surface area contributed by atoms with Crippen LogP contribution >= 0.6 is 0 Å². The van der Waals surface area contributed by atoms with Gasteiger partial charge in [0.1, 0.15) is 24.7 Å². The number of carbonyl (C=O) groups excluding carboxylic acids is 2. The first-order chi connectivity index (χ1) is 25.9. The Kier molecular flexibility index (Phi) is 17.6. The predicted octanol–water partition coefficient (Wildman–Crippen LogP) is 4.28. The van der Waals surface area contributed by atoms with Crippen molar-refractivity contribution in [1.29, 1.82) is 0 Å². The molecule has 1 heterocycles. The van der Waals surface area contributed by atoms with Crippen LogP contribution in [0.15, 0.2) is 91.0 Å². The fourth-order valence-electron chi connectivity index (χ4n) is 4.51. The van der Waals surface area contributed by atoms with E-state index in [1.807, 2.05) is 24.3 Å². The van der Waals surface area contributed by atoms with Crippen LogP contribution in [0.3, 0.4) is 0 Å². The highest BCUT2D eigenvalue weighted by Crippen LogP contribution is 2.33. The highest BCUT2D eigenvalue weighted by Gasteiger charge is 2.30. The van der Waals surface area contributed by atoms with Gasteiger partial charge in [-0.15, -0.1) is 0 Å². The van der Waals surface area contributed by atoms with Crippen molar-refractivity contribution in [2.24, 2.45) is 0 Å². The average molecular weight is 765 g/mol. The van der Waals surface area contributed by atoms with Crippen molar-refractivity contribution in [2.45, 2.75) is 45.3 Å². The Balaban J connectivity index is 0.000000293. The molecule has 15 heteroatoms. The molecule has 0 spiro atoms. The van der Waals surface area contributed by atoms with Gasteiger partial charge in [0, 0.05) is 5.41 Å². The van der Waals surface area contributed by atoms with E-state index in [4.69, 9.17) is 35.0 Å². The van der Waals surface area contributed by atoms with Crippen LogP contribution < -0.4 is 9.47 Å². The van der Waals surface area contributed by atoms with Crippen LogP contribution in [0, 0.1) is 0 Å². The lowest BCUT2D eigenvalue weighted by atomic mass is 9.78. The minimum absolute atomic E-state index is 0.00917. The van der Waals surface area contributed by atoms with Crippen molar-refractivity contribution >= 4 is 29.8 Å². The minimum Gasteiger partial charge on any atom is -0.491 e. The Hall–Kier alpha value is -6.13. The van der Waals surface area contributed by atoms with Crippen molar-refractivity contribution < 1.29 is 73.9 Å². The fourth-order valence-corrected chi connectivity index (χ4v) is 4.51. The largest absolute Gasteiger partial charge is 0.491 e. The summed E-state index contributed by atoms with van der Waals surface area (Å²) in [6, 6.07) is 24.6. The van der Waals surface area contributed by atoms with Gasteiger partial charge in [-0.25, -0.2) is 24.0 Å². The molecule has 7 N–H and O–H groups in total. The number of esters is 2. The number of carboxylic acids is 3. The molecule has 0 aromatic heterocycles. The quantitative estimate of drug-likeness (QED) is 0.0785. The van der Waals surface area contributed by atoms with Gasteiger partial charge in [0.2, 0.25) is 0 Å². The van der Waals surface area contributed by atoms with E-state index >= 15 is 0 Å². The molecule has 1 aliphatic rings. The number of carbonyl (C=O) groups is 5. The SMILES string of the molecule is CC(O)COc1ccc(C(C)(C)c2ccc(OCC(C)O)cc2)cc1.O=C(O)c1ccc(C(=O)O)cc1.O=C(O)c1ccc2c(c1)C(=O)OC2=O.OCCO. The lowest BCUT2D eigenvalue weighted by molar-refractivity contribution is 0.0442. The van der Waals surface area contributed by atoms with Gasteiger partial charge in [0.05, 0.1) is 53.2 Å². The summed E-state index contributed by atoms with van der Waals surface area (Å²) >= 11 is 0. The van der Waals surface area contributed by atoms with Crippen molar-refractivity contribution in [1.82, 2.24) is 0 Å². The number of rotatable bonds is 12. The molecule has 15 nitrogen and oxygen atoms in total. The van der Waals surface area contributed by atoms with Crippen LogP contribution in [-0.2, 0) is 10.2 Å². The van der Waals surface area contributed by atoms with E-state index in [1.165, 1.54) is 47.5 Å². The second-order valence-corrected chi connectivity index (χ2v) is 12.4. The Labute approximate surface area is 316 Å². The molecule has 1 aliphatic heterocycles. The highest BCUT2D eigenvalue weighted by atomic mass is 16.6. The van der Waals surface area contributed by atoms with Crippen molar-refractivity contribution in [3.8, 4) is 11.5 Å². The molecule has 4 aromatic carbocycles. The summed E-state index contributed by atoms with van der Waals surface area (Å²) in [6.07, 6.45) is -0.962. The summed E-state index contributed by atoms with van der Waals surface area (Å²) in [5.74, 6) is -3.31. The van der Waals surface area contributed by atoms with E-state index in [-0.39, 0.29) is 59.7 Å². The van der Waals surface area contributed by atoms with Crippen LogP contribution in [0.5, 0.6) is 11.5 Å². The summed E-state index contributed by atoms with van der Waals surface area (Å²) in [4.78, 5) is 53.2. The van der Waals surface area contributed by atoms with Crippen LogP contribution in [0.1, 0.15) is 90.6 Å².